The Morgan fingerprint density at radius 2 is 0.381 bits per heavy atom. The molecule has 0 saturated heterocycles. The van der Waals surface area contributed by atoms with Gasteiger partial charge in [0.15, 0.2) is 0 Å². The summed E-state index contributed by atoms with van der Waals surface area (Å²) in [6.45, 7) is 6.42. The van der Waals surface area contributed by atoms with Gasteiger partial charge in [0.1, 0.15) is 33.5 Å². The fourth-order valence-electron chi connectivity index (χ4n) is 20.7. The molecule has 3 aromatic heterocycles. The van der Waals surface area contributed by atoms with Gasteiger partial charge in [0.2, 0.25) is 0 Å². The van der Waals surface area contributed by atoms with Gasteiger partial charge in [-0.1, -0.05) is 387 Å². The Balaban J connectivity index is 0.000000103. The van der Waals surface area contributed by atoms with E-state index >= 15 is 0 Å². The molecule has 24 aromatic carbocycles. The minimum Gasteiger partial charge on any atom is -0.456 e. The summed E-state index contributed by atoms with van der Waals surface area (Å²) >= 11 is 0. The highest BCUT2D eigenvalue weighted by Gasteiger charge is 2.23. The van der Waals surface area contributed by atoms with Gasteiger partial charge in [-0.3, -0.25) is 0 Å². The Morgan fingerprint density at radius 1 is 0.127 bits per heavy atom. The predicted octanol–water partition coefficient (Wildman–Crippen LogP) is 35.4. The second-order valence-electron chi connectivity index (χ2n) is 34.1. The molecule has 3 nitrogen and oxygen atoms in total. The number of rotatable bonds is 9. The summed E-state index contributed by atoms with van der Waals surface area (Å²) in [6.07, 6.45) is 0. The third kappa shape index (κ3) is 11.8. The minimum atomic E-state index is 0.921. The Labute approximate surface area is 727 Å². The lowest BCUT2D eigenvalue weighted by Gasteiger charge is -2.18. The van der Waals surface area contributed by atoms with Crippen molar-refractivity contribution in [3.8, 4) is 100 Å². The second kappa shape index (κ2) is 29.0. The van der Waals surface area contributed by atoms with E-state index in [1.165, 1.54) is 225 Å². The molecule has 0 bridgehead atoms. The number of para-hydroxylation sites is 3. The summed E-state index contributed by atoms with van der Waals surface area (Å²) in [7, 11) is 0. The fraction of sp³-hybridized carbons (Fsp3) is 0.0244. The van der Waals surface area contributed by atoms with Gasteiger partial charge >= 0.3 is 0 Å². The maximum Gasteiger partial charge on any atom is 0.136 e. The van der Waals surface area contributed by atoms with Crippen molar-refractivity contribution in [1.29, 1.82) is 0 Å². The van der Waals surface area contributed by atoms with E-state index in [9.17, 15) is 0 Å². The molecule has 0 radical (unpaired) electrons. The topological polar surface area (TPSA) is 39.4 Å². The second-order valence-corrected chi connectivity index (χ2v) is 34.1. The molecule has 588 valence electrons. The molecule has 3 heterocycles. The van der Waals surface area contributed by atoms with Crippen LogP contribution < -0.4 is 0 Å². The highest BCUT2D eigenvalue weighted by molar-refractivity contribution is 6.31. The number of benzene rings is 24. The molecule has 0 aliphatic carbocycles. The zero-order chi connectivity index (χ0) is 83.4. The van der Waals surface area contributed by atoms with Crippen molar-refractivity contribution >= 4 is 163 Å². The Morgan fingerprint density at radius 3 is 0.794 bits per heavy atom. The number of hydrogen-bond donors (Lipinski definition) is 0. The van der Waals surface area contributed by atoms with Gasteiger partial charge < -0.3 is 13.3 Å². The first kappa shape index (κ1) is 72.6. The largest absolute Gasteiger partial charge is 0.456 e. The number of hydrogen-bond acceptors (Lipinski definition) is 3. The third-order valence-electron chi connectivity index (χ3n) is 26.8. The van der Waals surface area contributed by atoms with Crippen LogP contribution in [0.3, 0.4) is 0 Å². The molecule has 0 amide bonds. The summed E-state index contributed by atoms with van der Waals surface area (Å²) in [4.78, 5) is 0. The molecule has 0 atom stereocenters. The van der Waals surface area contributed by atoms with Gasteiger partial charge in [0.05, 0.1) is 0 Å². The van der Waals surface area contributed by atoms with Crippen molar-refractivity contribution in [1.82, 2.24) is 0 Å². The van der Waals surface area contributed by atoms with Gasteiger partial charge in [0.25, 0.3) is 0 Å². The lowest BCUT2D eigenvalue weighted by Crippen LogP contribution is -1.91. The lowest BCUT2D eigenvalue weighted by atomic mass is 9.85. The van der Waals surface area contributed by atoms with E-state index in [4.69, 9.17) is 13.3 Å². The van der Waals surface area contributed by atoms with Gasteiger partial charge in [-0.2, -0.15) is 0 Å². The van der Waals surface area contributed by atoms with Gasteiger partial charge in [0, 0.05) is 32.3 Å². The van der Waals surface area contributed by atoms with Crippen LogP contribution in [0.1, 0.15) is 16.7 Å². The maximum atomic E-state index is 6.20. The Bertz CT molecular complexity index is 9030. The van der Waals surface area contributed by atoms with Crippen molar-refractivity contribution < 1.29 is 13.3 Å². The molecule has 0 aliphatic heterocycles. The van der Waals surface area contributed by atoms with Crippen molar-refractivity contribution in [2.75, 3.05) is 0 Å². The predicted molar refractivity (Wildman–Crippen MR) is 535 cm³/mol. The molecule has 3 heteroatoms. The molecule has 0 N–H and O–H groups in total. The maximum absolute atomic E-state index is 6.20. The molecule has 0 fully saturated rings. The molecule has 0 saturated carbocycles. The fourth-order valence-corrected chi connectivity index (χ4v) is 20.7. The molecule has 0 aliphatic rings. The first-order valence-corrected chi connectivity index (χ1v) is 43.5. The van der Waals surface area contributed by atoms with Crippen LogP contribution in [-0.4, -0.2) is 0 Å². The van der Waals surface area contributed by atoms with Gasteiger partial charge in [-0.15, -0.1) is 0 Å². The zero-order valence-electron chi connectivity index (χ0n) is 69.6. The average Bonchev–Trinajstić information content (AvgIpc) is 0.907. The van der Waals surface area contributed by atoms with Crippen molar-refractivity contribution in [3.63, 3.8) is 0 Å². The summed E-state index contributed by atoms with van der Waals surface area (Å²) < 4.78 is 18.5. The van der Waals surface area contributed by atoms with Crippen LogP contribution in [-0.2, 0) is 0 Å². The normalized spacial score (nSPS) is 11.9. The zero-order valence-corrected chi connectivity index (χ0v) is 69.6. The van der Waals surface area contributed by atoms with Crippen LogP contribution in [0.2, 0.25) is 0 Å². The van der Waals surface area contributed by atoms with Crippen LogP contribution in [0.25, 0.3) is 263 Å². The first-order chi connectivity index (χ1) is 62.2. The van der Waals surface area contributed by atoms with Gasteiger partial charge in [-0.25, -0.2) is 0 Å². The molecule has 0 spiro atoms. The smallest absolute Gasteiger partial charge is 0.136 e. The Kier molecular flexibility index (Phi) is 16.7. The van der Waals surface area contributed by atoms with Gasteiger partial charge in [-0.05, 0) is 266 Å². The third-order valence-corrected chi connectivity index (χ3v) is 26.8. The summed E-state index contributed by atoms with van der Waals surface area (Å²) in [6, 6.07) is 152. The molecule has 0 unspecified atom stereocenters. The van der Waals surface area contributed by atoms with Crippen molar-refractivity contribution in [2.45, 2.75) is 20.8 Å². The highest BCUT2D eigenvalue weighted by atomic mass is 16.3. The quantitative estimate of drug-likeness (QED) is 0.135. The molecule has 126 heavy (non-hydrogen) atoms. The van der Waals surface area contributed by atoms with Crippen molar-refractivity contribution in [2.24, 2.45) is 0 Å². The van der Waals surface area contributed by atoms with Crippen LogP contribution in [0, 0.1) is 20.8 Å². The van der Waals surface area contributed by atoms with E-state index in [2.05, 4.69) is 403 Å². The number of aryl methyl sites for hydroxylation is 3. The SMILES string of the molecule is Cc1ccc(-c2ccc3ccc4c(-c5ccc(-c6cccc7oc8ccccc8c67)cc5)ccc5ccc2c3c54)cc1.Cc1ccc(-c2ccc3ccc4c(-c5cccc(-c6cccc7oc8ccccc8c67)c5)ccc5ccc2c3c54)cc1.Cc1ccc(-c2ccc3ccc4c(-c5ccccc5-c5ccc6oc7ccccc7c6c5)ccc5ccc2c3c54)cc1. The van der Waals surface area contributed by atoms with Crippen LogP contribution in [0.4, 0.5) is 0 Å². The summed E-state index contributed by atoms with van der Waals surface area (Å²) in [5, 5.41) is 30.5. The van der Waals surface area contributed by atoms with E-state index in [1.54, 1.807) is 0 Å². The number of fused-ring (bicyclic) bond motifs is 9. The average molecular weight is 1600 g/mol. The number of furan rings is 3. The van der Waals surface area contributed by atoms with Crippen LogP contribution in [0.5, 0.6) is 0 Å². The first-order valence-electron chi connectivity index (χ1n) is 43.5. The molecular weight excluding hydrogens is 1530 g/mol. The van der Waals surface area contributed by atoms with Crippen LogP contribution in [0.15, 0.2) is 432 Å². The van der Waals surface area contributed by atoms with E-state index in [-0.39, 0.29) is 0 Å². The van der Waals surface area contributed by atoms with Crippen molar-refractivity contribution in [3.05, 3.63) is 435 Å². The van der Waals surface area contributed by atoms with E-state index in [1.807, 2.05) is 36.4 Å². The summed E-state index contributed by atoms with van der Waals surface area (Å²) in [5.74, 6) is 0. The summed E-state index contributed by atoms with van der Waals surface area (Å²) in [5.41, 5.74) is 31.6. The van der Waals surface area contributed by atoms with E-state index < -0.39 is 0 Å². The van der Waals surface area contributed by atoms with E-state index in [0.29, 0.717) is 0 Å². The molecule has 27 rings (SSSR count). The molecule has 27 aromatic rings. The monoisotopic (exact) mass is 1600 g/mol. The van der Waals surface area contributed by atoms with E-state index in [0.717, 1.165) is 55.0 Å². The standard InChI is InChI=1S/3C41H26O/c1-25-12-14-26(15-13-25)31-20-16-27-19-23-35-32(21-17-28-18-22-34(31)39(27)40(28)35)29-6-4-7-30(24-29)33-9-5-11-38-41(33)36-8-2-3-10-37(36)42-38;1-25-10-12-26(13-11-25)31-19-14-27-17-22-36-33(20-15-28-16-21-35(31)40(27)41(28)36)32-7-3-2-6-30(32)29-18-23-39-37(24-29)34-8-4-5-9-38(34)42-39;1-25-9-11-26(12-10-25)31-21-17-29-20-24-35-32(22-18-30-19-23-34(31)39(29)40(30)35)27-13-15-28(16-14-27)33-6-4-8-38-41(33)36-5-2-3-7-37(36)42-38/h3*2-24H,1H3. The molecular formula is C123H78O3. The lowest BCUT2D eigenvalue weighted by molar-refractivity contribution is 0.668. The Hall–Kier alpha value is -16.2. The minimum absolute atomic E-state index is 0.921. The highest BCUT2D eigenvalue weighted by Crippen LogP contribution is 2.50. The van der Waals surface area contributed by atoms with Crippen LogP contribution >= 0.6 is 0 Å².